The number of rotatable bonds is 3. The van der Waals surface area contributed by atoms with Crippen molar-refractivity contribution in [2.24, 2.45) is 10.8 Å². The molecule has 0 bridgehead atoms. The fraction of sp³-hybridized carbons (Fsp3) is 0.100. The number of halogens is 1. The zero-order chi connectivity index (χ0) is 13.0. The topological polar surface area (TPSA) is 118 Å². The summed E-state index contributed by atoms with van der Waals surface area (Å²) in [7, 11) is 0. The maximum Gasteiger partial charge on any atom is 0.201 e. The average Bonchev–Trinajstić information content (AvgIpc) is 2.25. The van der Waals surface area contributed by atoms with E-state index in [-0.39, 0.29) is 17.1 Å². The van der Waals surface area contributed by atoms with Crippen molar-refractivity contribution in [1.82, 2.24) is 0 Å². The van der Waals surface area contributed by atoms with Gasteiger partial charge in [0, 0.05) is 5.02 Å². The predicted octanol–water partition coefficient (Wildman–Crippen LogP) is 1.58. The number of nitrogens with two attached hydrogens (primary N) is 1. The zero-order valence-corrected chi connectivity index (χ0v) is 9.71. The van der Waals surface area contributed by atoms with Crippen LogP contribution in [0, 0.1) is 23.7 Å². The number of phenols is 1. The number of anilines is 1. The second kappa shape index (κ2) is 5.18. The van der Waals surface area contributed by atoms with E-state index in [2.05, 4.69) is 10.5 Å². The van der Waals surface area contributed by atoms with Crippen LogP contribution < -0.4 is 11.2 Å². The normalized spacial score (nSPS) is 10.8. The highest BCUT2D eigenvalue weighted by molar-refractivity contribution is 6.45. The molecule has 0 aliphatic rings. The monoisotopic (exact) mass is 251 g/mol. The third-order valence-electron chi connectivity index (χ3n) is 1.93. The van der Waals surface area contributed by atoms with E-state index in [4.69, 9.17) is 28.0 Å². The molecule has 1 rings (SSSR count). The van der Waals surface area contributed by atoms with Gasteiger partial charge in [0.15, 0.2) is 5.84 Å². The Kier molecular flexibility index (Phi) is 3.91. The third-order valence-corrected chi connectivity index (χ3v) is 2.33. The molecule has 17 heavy (non-hydrogen) atoms. The highest BCUT2D eigenvalue weighted by Gasteiger charge is 2.06. The molecule has 0 radical (unpaired) electrons. The zero-order valence-electron chi connectivity index (χ0n) is 8.95. The molecule has 0 aliphatic heterocycles. The first-order valence-corrected chi connectivity index (χ1v) is 4.90. The minimum absolute atomic E-state index is 0.0588. The van der Waals surface area contributed by atoms with Crippen LogP contribution in [-0.2, 0) is 0 Å². The summed E-state index contributed by atoms with van der Waals surface area (Å²) in [5.74, 6) is -0.519. The minimum Gasteiger partial charge on any atom is -0.506 e. The number of hydrogen-bond acceptors (Lipinski definition) is 5. The third kappa shape index (κ3) is 3.09. The first kappa shape index (κ1) is 12.8. The number of hydrazone groups is 1. The fourth-order valence-electron chi connectivity index (χ4n) is 1.02. The molecule has 0 saturated carbocycles. The molecule has 0 amide bonds. The number of aryl methyl sites for hydroxylation is 1. The van der Waals surface area contributed by atoms with E-state index in [0.29, 0.717) is 10.6 Å². The van der Waals surface area contributed by atoms with Gasteiger partial charge in [-0.2, -0.15) is 10.4 Å². The molecule has 88 valence electrons. The summed E-state index contributed by atoms with van der Waals surface area (Å²) in [5, 5.41) is 29.3. The van der Waals surface area contributed by atoms with E-state index >= 15 is 0 Å². The van der Waals surface area contributed by atoms with E-state index in [1.165, 1.54) is 12.1 Å². The molecule has 0 spiro atoms. The van der Waals surface area contributed by atoms with Crippen LogP contribution >= 0.6 is 11.6 Å². The Morgan fingerprint density at radius 1 is 1.65 bits per heavy atom. The van der Waals surface area contributed by atoms with Gasteiger partial charge in [-0.05, 0) is 24.6 Å². The van der Waals surface area contributed by atoms with Gasteiger partial charge in [-0.1, -0.05) is 11.6 Å². The molecular formula is C10H10ClN5O. The summed E-state index contributed by atoms with van der Waals surface area (Å²) in [5.41, 5.74) is 8.20. The van der Waals surface area contributed by atoms with E-state index in [9.17, 15) is 5.11 Å². The van der Waals surface area contributed by atoms with Crippen LogP contribution in [0.2, 0.25) is 5.02 Å². The second-order valence-corrected chi connectivity index (χ2v) is 3.62. The van der Waals surface area contributed by atoms with E-state index in [1.54, 1.807) is 13.0 Å². The molecular weight excluding hydrogens is 242 g/mol. The van der Waals surface area contributed by atoms with Crippen LogP contribution in [0.25, 0.3) is 0 Å². The standard InChI is InChI=1S/C10H10ClN5O/c1-5-2-9(17)7(3-6(5)11)15-16-8(4-12)10(13)14/h2-3,15,17H,1H3,(H3,13,14)/b16-8+. The van der Waals surface area contributed by atoms with Gasteiger partial charge in [-0.3, -0.25) is 10.8 Å². The Balaban J connectivity index is 3.01. The number of benzene rings is 1. The smallest absolute Gasteiger partial charge is 0.201 e. The van der Waals surface area contributed by atoms with Gasteiger partial charge < -0.3 is 10.8 Å². The summed E-state index contributed by atoms with van der Waals surface area (Å²) >= 11 is 5.87. The lowest BCUT2D eigenvalue weighted by Gasteiger charge is -2.06. The molecule has 0 saturated heterocycles. The van der Waals surface area contributed by atoms with Crippen LogP contribution in [0.4, 0.5) is 5.69 Å². The van der Waals surface area contributed by atoms with E-state index in [1.807, 2.05) is 0 Å². The van der Waals surface area contributed by atoms with Crippen LogP contribution in [0.15, 0.2) is 17.2 Å². The molecule has 7 heteroatoms. The highest BCUT2D eigenvalue weighted by atomic mass is 35.5. The lowest BCUT2D eigenvalue weighted by molar-refractivity contribution is 0.477. The Morgan fingerprint density at radius 2 is 2.29 bits per heavy atom. The Morgan fingerprint density at radius 3 is 2.82 bits per heavy atom. The summed E-state index contributed by atoms with van der Waals surface area (Å²) < 4.78 is 0. The number of aromatic hydroxyl groups is 1. The SMILES string of the molecule is Cc1cc(O)c(N/N=C(\C#N)C(=N)N)cc1Cl. The first-order valence-electron chi connectivity index (χ1n) is 4.53. The lowest BCUT2D eigenvalue weighted by atomic mass is 10.2. The number of nitrogens with zero attached hydrogens (tertiary/aromatic N) is 2. The first-order chi connectivity index (χ1) is 7.95. The number of amidine groups is 1. The minimum atomic E-state index is -0.460. The number of nitrogens with one attached hydrogen (secondary N) is 2. The Hall–Kier alpha value is -2.26. The largest absolute Gasteiger partial charge is 0.506 e. The summed E-state index contributed by atoms with van der Waals surface area (Å²) in [6.07, 6.45) is 0. The van der Waals surface area contributed by atoms with Crippen molar-refractivity contribution in [3.05, 3.63) is 22.7 Å². The van der Waals surface area contributed by atoms with Crippen LogP contribution in [0.1, 0.15) is 5.56 Å². The number of phenolic OH excluding ortho intramolecular Hbond substituents is 1. The number of hydrogen-bond donors (Lipinski definition) is 4. The van der Waals surface area contributed by atoms with Crippen molar-refractivity contribution < 1.29 is 5.11 Å². The Bertz CT molecular complexity index is 532. The van der Waals surface area contributed by atoms with Gasteiger partial charge in [0.1, 0.15) is 11.8 Å². The van der Waals surface area contributed by atoms with Gasteiger partial charge in [0.25, 0.3) is 0 Å². The van der Waals surface area contributed by atoms with Crippen molar-refractivity contribution >= 4 is 28.8 Å². The van der Waals surface area contributed by atoms with Gasteiger partial charge in [-0.25, -0.2) is 0 Å². The quantitative estimate of drug-likeness (QED) is 0.282. The van der Waals surface area contributed by atoms with Gasteiger partial charge >= 0.3 is 0 Å². The molecule has 0 fully saturated rings. The lowest BCUT2D eigenvalue weighted by Crippen LogP contribution is -2.21. The number of nitriles is 1. The van der Waals surface area contributed by atoms with Crippen LogP contribution in [0.5, 0.6) is 5.75 Å². The molecule has 0 unspecified atom stereocenters. The van der Waals surface area contributed by atoms with Crippen molar-refractivity contribution in [1.29, 1.82) is 10.7 Å². The van der Waals surface area contributed by atoms with E-state index in [0.717, 1.165) is 0 Å². The van der Waals surface area contributed by atoms with E-state index < -0.39 is 5.84 Å². The van der Waals surface area contributed by atoms with Crippen LogP contribution in [-0.4, -0.2) is 16.7 Å². The molecule has 1 aromatic rings. The van der Waals surface area contributed by atoms with Gasteiger partial charge in [0.2, 0.25) is 5.71 Å². The Labute approximate surface area is 103 Å². The average molecular weight is 252 g/mol. The second-order valence-electron chi connectivity index (χ2n) is 3.22. The van der Waals surface area contributed by atoms with Gasteiger partial charge in [-0.15, -0.1) is 0 Å². The summed E-state index contributed by atoms with van der Waals surface area (Å²) in [4.78, 5) is 0. The van der Waals surface area contributed by atoms with Crippen molar-refractivity contribution in [3.8, 4) is 11.8 Å². The van der Waals surface area contributed by atoms with Gasteiger partial charge in [0.05, 0.1) is 5.69 Å². The maximum absolute atomic E-state index is 9.58. The summed E-state index contributed by atoms with van der Waals surface area (Å²) in [6, 6.07) is 4.56. The highest BCUT2D eigenvalue weighted by Crippen LogP contribution is 2.29. The molecule has 0 aliphatic carbocycles. The molecule has 1 aromatic carbocycles. The molecule has 5 N–H and O–H groups in total. The molecule has 0 heterocycles. The fourth-order valence-corrected chi connectivity index (χ4v) is 1.18. The van der Waals surface area contributed by atoms with Crippen LogP contribution in [0.3, 0.4) is 0 Å². The van der Waals surface area contributed by atoms with Crippen molar-refractivity contribution in [2.45, 2.75) is 6.92 Å². The summed E-state index contributed by atoms with van der Waals surface area (Å²) in [6.45, 7) is 1.74. The maximum atomic E-state index is 9.58. The predicted molar refractivity (Wildman–Crippen MR) is 66.4 cm³/mol. The molecule has 0 aromatic heterocycles. The van der Waals surface area contributed by atoms with Crippen molar-refractivity contribution in [2.75, 3.05) is 5.43 Å². The van der Waals surface area contributed by atoms with Crippen molar-refractivity contribution in [3.63, 3.8) is 0 Å². The molecule has 0 atom stereocenters. The molecule has 6 nitrogen and oxygen atoms in total.